The van der Waals surface area contributed by atoms with Crippen LogP contribution in [-0.2, 0) is 11.3 Å². The lowest BCUT2D eigenvalue weighted by atomic mass is 9.79. The van der Waals surface area contributed by atoms with Gasteiger partial charge >= 0.3 is 0 Å². The molecular formula is C14H23N5O. The second kappa shape index (κ2) is 5.91. The molecule has 1 saturated heterocycles. The minimum Gasteiger partial charge on any atom is -0.334 e. The van der Waals surface area contributed by atoms with Gasteiger partial charge in [0, 0.05) is 32.3 Å². The highest BCUT2D eigenvalue weighted by Gasteiger charge is 2.41. The summed E-state index contributed by atoms with van der Waals surface area (Å²) in [4.78, 5) is 14.8. The van der Waals surface area contributed by atoms with Crippen LogP contribution in [0, 0.1) is 0 Å². The molecule has 0 atom stereocenters. The normalized spacial score (nSPS) is 22.1. The van der Waals surface area contributed by atoms with E-state index in [0.717, 1.165) is 32.5 Å². The first kappa shape index (κ1) is 13.5. The number of hydrogen-bond acceptors (Lipinski definition) is 4. The van der Waals surface area contributed by atoms with Crippen LogP contribution in [0.3, 0.4) is 0 Å². The lowest BCUT2D eigenvalue weighted by Gasteiger charge is -2.50. The monoisotopic (exact) mass is 277 g/mol. The van der Waals surface area contributed by atoms with Crippen LogP contribution in [0.25, 0.3) is 0 Å². The Balaban J connectivity index is 1.64. The van der Waals surface area contributed by atoms with E-state index in [9.17, 15) is 4.79 Å². The molecule has 0 radical (unpaired) electrons. The average molecular weight is 277 g/mol. The Morgan fingerprint density at radius 1 is 1.30 bits per heavy atom. The van der Waals surface area contributed by atoms with Gasteiger partial charge in [0.05, 0.1) is 18.3 Å². The summed E-state index contributed by atoms with van der Waals surface area (Å²) in [5.74, 6) is 0.268. The van der Waals surface area contributed by atoms with Crippen LogP contribution >= 0.6 is 0 Å². The van der Waals surface area contributed by atoms with E-state index >= 15 is 0 Å². The lowest BCUT2D eigenvalue weighted by Crippen LogP contribution is -2.63. The fourth-order valence-corrected chi connectivity index (χ4v) is 3.59. The number of carbonyl (C=O) groups is 1. The van der Waals surface area contributed by atoms with E-state index < -0.39 is 0 Å². The summed E-state index contributed by atoms with van der Waals surface area (Å²) < 4.78 is 1.73. The quantitative estimate of drug-likeness (QED) is 0.888. The minimum absolute atomic E-state index is 0.0793. The van der Waals surface area contributed by atoms with Crippen molar-refractivity contribution in [3.8, 4) is 0 Å². The van der Waals surface area contributed by atoms with Gasteiger partial charge in [0.1, 0.15) is 0 Å². The van der Waals surface area contributed by atoms with Gasteiger partial charge in [0.25, 0.3) is 0 Å². The van der Waals surface area contributed by atoms with E-state index in [2.05, 4.69) is 20.5 Å². The van der Waals surface area contributed by atoms with E-state index in [1.54, 1.807) is 17.1 Å². The summed E-state index contributed by atoms with van der Waals surface area (Å²) in [6.45, 7) is 3.34. The van der Waals surface area contributed by atoms with E-state index in [0.29, 0.717) is 13.0 Å². The Labute approximate surface area is 119 Å². The standard InChI is InChI=1S/C14H23N5O/c20-13(4-9-18-10-8-16-17-18)19-11-7-15-12-14(19)5-2-1-3-6-14/h8,10,15H,1-7,9,11-12H2. The Morgan fingerprint density at radius 3 is 2.90 bits per heavy atom. The number of hydrogen-bond donors (Lipinski definition) is 1. The molecule has 3 rings (SSSR count). The number of nitrogens with one attached hydrogen (secondary N) is 1. The molecule has 2 fully saturated rings. The third-order valence-corrected chi connectivity index (χ3v) is 4.65. The fourth-order valence-electron chi connectivity index (χ4n) is 3.59. The van der Waals surface area contributed by atoms with Gasteiger partial charge in [0.15, 0.2) is 0 Å². The average Bonchev–Trinajstić information content (AvgIpc) is 2.99. The van der Waals surface area contributed by atoms with E-state index in [-0.39, 0.29) is 11.4 Å². The topological polar surface area (TPSA) is 63.1 Å². The largest absolute Gasteiger partial charge is 0.334 e. The van der Waals surface area contributed by atoms with Gasteiger partial charge in [-0.2, -0.15) is 0 Å². The van der Waals surface area contributed by atoms with Crippen molar-refractivity contribution in [3.05, 3.63) is 12.4 Å². The van der Waals surface area contributed by atoms with Crippen LogP contribution in [0.4, 0.5) is 0 Å². The summed E-state index contributed by atoms with van der Waals surface area (Å²) in [6, 6.07) is 0. The zero-order valence-corrected chi connectivity index (χ0v) is 11.9. The van der Waals surface area contributed by atoms with Crippen molar-refractivity contribution >= 4 is 5.91 Å². The molecule has 1 aliphatic carbocycles. The molecule has 110 valence electrons. The number of nitrogens with zero attached hydrogens (tertiary/aromatic N) is 4. The molecule has 20 heavy (non-hydrogen) atoms. The molecule has 6 heteroatoms. The molecule has 1 aromatic rings. The maximum atomic E-state index is 12.6. The summed E-state index contributed by atoms with van der Waals surface area (Å²) in [5, 5.41) is 11.2. The first-order valence-electron chi connectivity index (χ1n) is 7.65. The molecular weight excluding hydrogens is 254 g/mol. The highest BCUT2D eigenvalue weighted by atomic mass is 16.2. The van der Waals surface area contributed by atoms with Crippen LogP contribution in [0.15, 0.2) is 12.4 Å². The van der Waals surface area contributed by atoms with E-state index in [1.807, 2.05) is 0 Å². The first-order valence-corrected chi connectivity index (χ1v) is 7.65. The van der Waals surface area contributed by atoms with Crippen molar-refractivity contribution in [2.75, 3.05) is 19.6 Å². The molecule has 0 aromatic carbocycles. The highest BCUT2D eigenvalue weighted by molar-refractivity contribution is 5.77. The molecule has 0 bridgehead atoms. The molecule has 1 saturated carbocycles. The molecule has 1 spiro atoms. The number of amides is 1. The zero-order valence-electron chi connectivity index (χ0n) is 11.9. The summed E-state index contributed by atoms with van der Waals surface area (Å²) in [6.07, 6.45) is 10.1. The van der Waals surface area contributed by atoms with E-state index in [4.69, 9.17) is 0 Å². The molecule has 1 aromatic heterocycles. The molecule has 0 unspecified atom stereocenters. The van der Waals surface area contributed by atoms with Crippen molar-refractivity contribution < 1.29 is 4.79 Å². The number of rotatable bonds is 3. The van der Waals surface area contributed by atoms with Crippen molar-refractivity contribution in [1.29, 1.82) is 0 Å². The maximum absolute atomic E-state index is 12.6. The smallest absolute Gasteiger partial charge is 0.224 e. The third kappa shape index (κ3) is 2.70. The second-order valence-corrected chi connectivity index (χ2v) is 5.92. The summed E-state index contributed by atoms with van der Waals surface area (Å²) >= 11 is 0. The van der Waals surface area contributed by atoms with Crippen LogP contribution < -0.4 is 5.32 Å². The van der Waals surface area contributed by atoms with Crippen LogP contribution in [0.2, 0.25) is 0 Å². The molecule has 6 nitrogen and oxygen atoms in total. The number of aromatic nitrogens is 3. The van der Waals surface area contributed by atoms with Gasteiger partial charge in [0.2, 0.25) is 5.91 Å². The predicted molar refractivity (Wildman–Crippen MR) is 75.0 cm³/mol. The van der Waals surface area contributed by atoms with Crippen LogP contribution in [0.1, 0.15) is 38.5 Å². The second-order valence-electron chi connectivity index (χ2n) is 5.92. The molecule has 2 aliphatic rings. The van der Waals surface area contributed by atoms with Gasteiger partial charge in [-0.05, 0) is 12.8 Å². The summed E-state index contributed by atoms with van der Waals surface area (Å²) in [5.41, 5.74) is 0.0793. The van der Waals surface area contributed by atoms with Crippen LogP contribution in [0.5, 0.6) is 0 Å². The van der Waals surface area contributed by atoms with E-state index in [1.165, 1.54) is 19.3 Å². The lowest BCUT2D eigenvalue weighted by molar-refractivity contribution is -0.141. The maximum Gasteiger partial charge on any atom is 0.224 e. The SMILES string of the molecule is O=C(CCn1ccnn1)N1CCNCC12CCCCC2. The molecule has 1 N–H and O–H groups in total. The van der Waals surface area contributed by atoms with Gasteiger partial charge in [-0.15, -0.1) is 5.10 Å². The Kier molecular flexibility index (Phi) is 4.00. The minimum atomic E-state index is 0.0793. The zero-order chi connectivity index (χ0) is 13.8. The van der Waals surface area contributed by atoms with Gasteiger partial charge in [-0.25, -0.2) is 0 Å². The third-order valence-electron chi connectivity index (χ3n) is 4.65. The van der Waals surface area contributed by atoms with Gasteiger partial charge in [-0.3, -0.25) is 9.48 Å². The Morgan fingerprint density at radius 2 is 2.15 bits per heavy atom. The molecule has 1 aliphatic heterocycles. The number of carbonyl (C=O) groups excluding carboxylic acids is 1. The molecule has 1 amide bonds. The van der Waals surface area contributed by atoms with Crippen molar-refractivity contribution in [3.63, 3.8) is 0 Å². The number of piperazine rings is 1. The Hall–Kier alpha value is -1.43. The predicted octanol–water partition coefficient (Wildman–Crippen LogP) is 0.803. The summed E-state index contributed by atoms with van der Waals surface area (Å²) in [7, 11) is 0. The van der Waals surface area contributed by atoms with Gasteiger partial charge in [-0.1, -0.05) is 24.5 Å². The molecule has 2 heterocycles. The van der Waals surface area contributed by atoms with Gasteiger partial charge < -0.3 is 10.2 Å². The number of aryl methyl sites for hydroxylation is 1. The van der Waals surface area contributed by atoms with Crippen molar-refractivity contribution in [2.24, 2.45) is 0 Å². The first-order chi connectivity index (χ1) is 9.80. The highest BCUT2D eigenvalue weighted by Crippen LogP contribution is 2.34. The van der Waals surface area contributed by atoms with Crippen LogP contribution in [-0.4, -0.2) is 51.0 Å². The fraction of sp³-hybridized carbons (Fsp3) is 0.786. The van der Waals surface area contributed by atoms with Crippen molar-refractivity contribution in [1.82, 2.24) is 25.2 Å². The Bertz CT molecular complexity index is 430. The van der Waals surface area contributed by atoms with Crippen molar-refractivity contribution in [2.45, 2.75) is 50.6 Å².